The molecule has 0 radical (unpaired) electrons. The molecule has 2 aromatic rings. The third-order valence-electron chi connectivity index (χ3n) is 6.16. The van der Waals surface area contributed by atoms with Gasteiger partial charge in [-0.15, -0.1) is 8.78 Å². The highest BCUT2D eigenvalue weighted by molar-refractivity contribution is 5.74. The Kier molecular flexibility index (Phi) is 4.24. The van der Waals surface area contributed by atoms with Gasteiger partial charge >= 0.3 is 6.29 Å². The van der Waals surface area contributed by atoms with E-state index in [9.17, 15) is 13.6 Å². The van der Waals surface area contributed by atoms with E-state index in [0.29, 0.717) is 18.4 Å². The molecule has 0 N–H and O–H groups in total. The molecule has 3 aliphatic heterocycles. The van der Waals surface area contributed by atoms with Crippen LogP contribution in [0.25, 0.3) is 0 Å². The van der Waals surface area contributed by atoms with Gasteiger partial charge in [-0.25, -0.2) is 0 Å². The molecule has 152 valence electrons. The van der Waals surface area contributed by atoms with Crippen molar-refractivity contribution in [1.82, 2.24) is 9.80 Å². The van der Waals surface area contributed by atoms with Crippen LogP contribution < -0.4 is 9.47 Å². The molecule has 3 atom stereocenters. The number of hydrogen-bond donors (Lipinski definition) is 0. The van der Waals surface area contributed by atoms with Gasteiger partial charge in [-0.3, -0.25) is 9.69 Å². The van der Waals surface area contributed by atoms with E-state index in [2.05, 4.69) is 26.5 Å². The van der Waals surface area contributed by atoms with Crippen LogP contribution in [0.5, 0.6) is 11.5 Å². The SMILES string of the molecule is CC(=O)N1C[C@H]2CN(Cc3ccc4c(c3)OC(F)(F)O4)C[C@H]2[C@@H]1c1ccccc1. The topological polar surface area (TPSA) is 42.0 Å². The molecule has 0 unspecified atom stereocenters. The highest BCUT2D eigenvalue weighted by Crippen LogP contribution is 2.46. The van der Waals surface area contributed by atoms with Crippen LogP contribution in [0.2, 0.25) is 0 Å². The number of likely N-dealkylation sites (tertiary alicyclic amines) is 2. The van der Waals surface area contributed by atoms with Crippen molar-refractivity contribution in [2.45, 2.75) is 25.8 Å². The molecule has 2 fully saturated rings. The summed E-state index contributed by atoms with van der Waals surface area (Å²) in [6.45, 7) is 4.78. The Hall–Kier alpha value is -2.67. The molecule has 2 aromatic carbocycles. The number of ether oxygens (including phenoxy) is 2. The fourth-order valence-electron chi connectivity index (χ4n) is 5.02. The van der Waals surface area contributed by atoms with Crippen LogP contribution in [0.15, 0.2) is 48.5 Å². The summed E-state index contributed by atoms with van der Waals surface area (Å²) < 4.78 is 35.5. The minimum Gasteiger partial charge on any atom is -0.395 e. The maximum atomic E-state index is 13.2. The smallest absolute Gasteiger partial charge is 0.395 e. The monoisotopic (exact) mass is 400 g/mol. The Morgan fingerprint density at radius 3 is 2.59 bits per heavy atom. The van der Waals surface area contributed by atoms with Crippen LogP contribution in [0.3, 0.4) is 0 Å². The molecule has 29 heavy (non-hydrogen) atoms. The van der Waals surface area contributed by atoms with E-state index in [0.717, 1.165) is 25.2 Å². The second kappa shape index (κ2) is 6.69. The first-order valence-corrected chi connectivity index (χ1v) is 9.83. The number of alkyl halides is 2. The van der Waals surface area contributed by atoms with Crippen molar-refractivity contribution in [1.29, 1.82) is 0 Å². The Labute approximate surface area is 167 Å². The first kappa shape index (κ1) is 18.4. The summed E-state index contributed by atoms with van der Waals surface area (Å²) in [7, 11) is 0. The summed E-state index contributed by atoms with van der Waals surface area (Å²) in [6.07, 6.45) is -3.59. The molecule has 0 aromatic heterocycles. The lowest BCUT2D eigenvalue weighted by Gasteiger charge is -2.29. The number of nitrogens with zero attached hydrogens (tertiary/aromatic N) is 2. The molecule has 0 aliphatic carbocycles. The van der Waals surface area contributed by atoms with Crippen LogP contribution in [0, 0.1) is 11.8 Å². The number of hydrogen-bond acceptors (Lipinski definition) is 4. The van der Waals surface area contributed by atoms with E-state index in [1.807, 2.05) is 23.1 Å². The average molecular weight is 400 g/mol. The molecular formula is C22H22F2N2O3. The van der Waals surface area contributed by atoms with Gasteiger partial charge in [-0.2, -0.15) is 0 Å². The van der Waals surface area contributed by atoms with Gasteiger partial charge in [0.1, 0.15) is 0 Å². The molecule has 1 amide bonds. The van der Waals surface area contributed by atoms with E-state index in [-0.39, 0.29) is 23.4 Å². The third-order valence-corrected chi connectivity index (χ3v) is 6.16. The summed E-state index contributed by atoms with van der Waals surface area (Å²) in [5.74, 6) is 1.02. The molecule has 7 heteroatoms. The first-order valence-electron chi connectivity index (χ1n) is 9.83. The van der Waals surface area contributed by atoms with Gasteiger partial charge in [0.2, 0.25) is 5.91 Å². The van der Waals surface area contributed by atoms with Crippen LogP contribution in [0.4, 0.5) is 8.78 Å². The number of benzene rings is 2. The molecule has 5 nitrogen and oxygen atoms in total. The van der Waals surface area contributed by atoms with Crippen LogP contribution in [-0.2, 0) is 11.3 Å². The highest BCUT2D eigenvalue weighted by atomic mass is 19.3. The molecule has 0 saturated carbocycles. The Morgan fingerprint density at radius 2 is 1.83 bits per heavy atom. The van der Waals surface area contributed by atoms with Crippen molar-refractivity contribution in [3.63, 3.8) is 0 Å². The van der Waals surface area contributed by atoms with Gasteiger partial charge in [0.15, 0.2) is 11.5 Å². The Balaban J connectivity index is 1.32. The highest BCUT2D eigenvalue weighted by Gasteiger charge is 2.48. The number of rotatable bonds is 3. The number of carbonyl (C=O) groups is 1. The van der Waals surface area contributed by atoms with Crippen molar-refractivity contribution in [2.24, 2.45) is 11.8 Å². The zero-order valence-electron chi connectivity index (χ0n) is 16.1. The molecule has 3 heterocycles. The Morgan fingerprint density at radius 1 is 1.07 bits per heavy atom. The lowest BCUT2D eigenvalue weighted by molar-refractivity contribution is -0.286. The normalized spacial score (nSPS) is 27.3. The predicted octanol–water partition coefficient (Wildman–Crippen LogP) is 3.66. The summed E-state index contributed by atoms with van der Waals surface area (Å²) in [4.78, 5) is 16.5. The first-order chi connectivity index (χ1) is 13.9. The van der Waals surface area contributed by atoms with Gasteiger partial charge in [0.05, 0.1) is 6.04 Å². The molecule has 5 rings (SSSR count). The van der Waals surface area contributed by atoms with E-state index >= 15 is 0 Å². The standard InChI is InChI=1S/C22H22F2N2O3/c1-14(27)26-12-17-11-25(13-18(17)21(26)16-5-3-2-4-6-16)10-15-7-8-19-20(9-15)29-22(23,24)28-19/h2-9,17-18,21H,10-13H2,1H3/t17-,18-,21+/m1/s1. The Bertz CT molecular complexity index is 937. The van der Waals surface area contributed by atoms with Crippen LogP contribution >= 0.6 is 0 Å². The lowest BCUT2D eigenvalue weighted by Crippen LogP contribution is -2.34. The summed E-state index contributed by atoms with van der Waals surface area (Å²) in [5.41, 5.74) is 2.08. The fraction of sp³-hybridized carbons (Fsp3) is 0.409. The van der Waals surface area contributed by atoms with Crippen molar-refractivity contribution >= 4 is 5.91 Å². The van der Waals surface area contributed by atoms with Gasteiger partial charge in [0.25, 0.3) is 0 Å². The van der Waals surface area contributed by atoms with Crippen molar-refractivity contribution in [2.75, 3.05) is 19.6 Å². The fourth-order valence-corrected chi connectivity index (χ4v) is 5.02. The molecule has 0 spiro atoms. The quantitative estimate of drug-likeness (QED) is 0.789. The number of carbonyl (C=O) groups excluding carboxylic acids is 1. The summed E-state index contributed by atoms with van der Waals surface area (Å²) >= 11 is 0. The predicted molar refractivity (Wildman–Crippen MR) is 101 cm³/mol. The van der Waals surface area contributed by atoms with E-state index in [4.69, 9.17) is 0 Å². The van der Waals surface area contributed by atoms with Crippen molar-refractivity contribution < 1.29 is 23.0 Å². The van der Waals surface area contributed by atoms with E-state index in [1.165, 1.54) is 11.6 Å². The molecule has 0 bridgehead atoms. The largest absolute Gasteiger partial charge is 0.586 e. The number of fused-ring (bicyclic) bond motifs is 2. The average Bonchev–Trinajstić information content (AvgIpc) is 3.30. The maximum absolute atomic E-state index is 13.2. The third kappa shape index (κ3) is 3.33. The maximum Gasteiger partial charge on any atom is 0.586 e. The van der Waals surface area contributed by atoms with Crippen molar-refractivity contribution in [3.8, 4) is 11.5 Å². The summed E-state index contributed by atoms with van der Waals surface area (Å²) in [6, 6.07) is 15.2. The zero-order chi connectivity index (χ0) is 20.2. The lowest BCUT2D eigenvalue weighted by atomic mass is 9.89. The minimum atomic E-state index is -3.59. The van der Waals surface area contributed by atoms with Gasteiger partial charge < -0.3 is 14.4 Å². The second-order valence-electron chi connectivity index (χ2n) is 8.09. The number of amides is 1. The molecular weight excluding hydrogens is 378 g/mol. The molecule has 2 saturated heterocycles. The van der Waals surface area contributed by atoms with E-state index in [1.54, 1.807) is 19.1 Å². The van der Waals surface area contributed by atoms with Gasteiger partial charge in [-0.05, 0) is 29.2 Å². The van der Waals surface area contributed by atoms with Crippen LogP contribution in [-0.4, -0.2) is 41.6 Å². The minimum absolute atomic E-state index is 0.0679. The van der Waals surface area contributed by atoms with Crippen molar-refractivity contribution in [3.05, 3.63) is 59.7 Å². The van der Waals surface area contributed by atoms with Gasteiger partial charge in [0, 0.05) is 39.0 Å². The van der Waals surface area contributed by atoms with E-state index < -0.39 is 6.29 Å². The zero-order valence-corrected chi connectivity index (χ0v) is 16.1. The second-order valence-corrected chi connectivity index (χ2v) is 8.09. The van der Waals surface area contributed by atoms with Crippen LogP contribution in [0.1, 0.15) is 24.1 Å². The number of halogens is 2. The summed E-state index contributed by atoms with van der Waals surface area (Å²) in [5, 5.41) is 0. The molecule has 3 aliphatic rings. The van der Waals surface area contributed by atoms with Gasteiger partial charge in [-0.1, -0.05) is 36.4 Å².